The normalized spacial score (nSPS) is 11.1. The summed E-state index contributed by atoms with van der Waals surface area (Å²) in [5.74, 6) is -0.129. The van der Waals surface area contributed by atoms with E-state index in [0.717, 1.165) is 27.3 Å². The molecule has 0 fully saturated rings. The highest BCUT2D eigenvalue weighted by molar-refractivity contribution is 7.13. The molecule has 0 aliphatic carbocycles. The van der Waals surface area contributed by atoms with Crippen molar-refractivity contribution in [3.63, 3.8) is 0 Å². The van der Waals surface area contributed by atoms with E-state index in [4.69, 9.17) is 0 Å². The number of Topliss-reactive ketones (excluding diaryl/α,β-unsaturated/α-hetero) is 1. The van der Waals surface area contributed by atoms with Crippen molar-refractivity contribution in [1.29, 1.82) is 0 Å². The summed E-state index contributed by atoms with van der Waals surface area (Å²) < 4.78 is 3.33. The van der Waals surface area contributed by atoms with E-state index in [-0.39, 0.29) is 17.9 Å². The zero-order valence-corrected chi connectivity index (χ0v) is 17.2. The molecule has 1 aromatic carbocycles. The Morgan fingerprint density at radius 1 is 1.17 bits per heavy atom. The zero-order chi connectivity index (χ0) is 20.5. The van der Waals surface area contributed by atoms with Crippen LogP contribution in [0.2, 0.25) is 0 Å². The first-order valence-electron chi connectivity index (χ1n) is 9.36. The number of aromatic nitrogens is 3. The van der Waals surface area contributed by atoms with Crippen molar-refractivity contribution in [2.45, 2.75) is 26.9 Å². The lowest BCUT2D eigenvalue weighted by Gasteiger charge is -2.10. The fourth-order valence-electron chi connectivity index (χ4n) is 3.65. The number of carbonyl (C=O) groups excluding carboxylic acids is 1. The predicted molar refractivity (Wildman–Crippen MR) is 118 cm³/mol. The van der Waals surface area contributed by atoms with E-state index in [0.29, 0.717) is 17.5 Å². The number of fused-ring (bicyclic) bond motifs is 1. The molecule has 0 N–H and O–H groups in total. The van der Waals surface area contributed by atoms with Crippen molar-refractivity contribution in [2.24, 2.45) is 0 Å². The molecule has 4 aromatic rings. The van der Waals surface area contributed by atoms with Crippen LogP contribution in [0.3, 0.4) is 0 Å². The number of ketones is 1. The summed E-state index contributed by atoms with van der Waals surface area (Å²) >= 11 is 1.56. The first-order chi connectivity index (χ1) is 14.0. The quantitative estimate of drug-likeness (QED) is 0.349. The minimum atomic E-state index is -0.255. The maximum absolute atomic E-state index is 13.1. The largest absolute Gasteiger partial charge is 0.345 e. The van der Waals surface area contributed by atoms with Crippen molar-refractivity contribution in [3.05, 3.63) is 87.8 Å². The second kappa shape index (κ2) is 7.64. The molecule has 0 aliphatic rings. The Bertz CT molecular complexity index is 1280. The summed E-state index contributed by atoms with van der Waals surface area (Å²) in [7, 11) is 0. The van der Waals surface area contributed by atoms with Gasteiger partial charge >= 0.3 is 0 Å². The third-order valence-electron chi connectivity index (χ3n) is 5.10. The minimum absolute atomic E-state index is 0.0968. The molecule has 0 aliphatic heterocycles. The molecule has 0 bridgehead atoms. The second-order valence-corrected chi connectivity index (χ2v) is 7.89. The number of allylic oxidation sites excluding steroid dienone is 1. The number of benzene rings is 1. The van der Waals surface area contributed by atoms with Gasteiger partial charge in [-0.05, 0) is 37.4 Å². The molecule has 146 valence electrons. The maximum atomic E-state index is 13.1. The van der Waals surface area contributed by atoms with Crippen LogP contribution < -0.4 is 5.56 Å². The van der Waals surface area contributed by atoms with E-state index in [1.165, 1.54) is 4.68 Å². The van der Waals surface area contributed by atoms with Gasteiger partial charge in [0.2, 0.25) is 0 Å². The molecule has 0 saturated carbocycles. The molecule has 4 rings (SSSR count). The number of carbonyl (C=O) groups is 1. The molecule has 6 heteroatoms. The topological polar surface area (TPSA) is 56.9 Å². The van der Waals surface area contributed by atoms with E-state index in [2.05, 4.69) is 11.7 Å². The Morgan fingerprint density at radius 3 is 2.62 bits per heavy atom. The first-order valence-corrected chi connectivity index (χ1v) is 10.2. The van der Waals surface area contributed by atoms with Crippen LogP contribution in [0.1, 0.15) is 21.7 Å². The van der Waals surface area contributed by atoms with Crippen molar-refractivity contribution >= 4 is 27.9 Å². The molecule has 0 unspecified atom stereocenters. The third-order valence-corrected chi connectivity index (χ3v) is 5.98. The van der Waals surface area contributed by atoms with E-state index in [9.17, 15) is 9.59 Å². The van der Waals surface area contributed by atoms with Gasteiger partial charge in [-0.25, -0.2) is 4.68 Å². The lowest BCUT2D eigenvalue weighted by atomic mass is 10.1. The Morgan fingerprint density at radius 2 is 1.93 bits per heavy atom. The van der Waals surface area contributed by atoms with Crippen LogP contribution in [0.25, 0.3) is 21.3 Å². The van der Waals surface area contributed by atoms with Gasteiger partial charge in [0.05, 0.1) is 10.3 Å². The molecular formula is C23H21N3O2S. The smallest absolute Gasteiger partial charge is 0.275 e. The van der Waals surface area contributed by atoms with Gasteiger partial charge in [-0.15, -0.1) is 17.9 Å². The van der Waals surface area contributed by atoms with Crippen molar-refractivity contribution in [3.8, 4) is 10.6 Å². The fourth-order valence-corrected chi connectivity index (χ4v) is 4.38. The number of rotatable bonds is 6. The molecule has 3 aromatic heterocycles. The Labute approximate surface area is 172 Å². The van der Waals surface area contributed by atoms with E-state index < -0.39 is 0 Å². The van der Waals surface area contributed by atoms with Crippen LogP contribution >= 0.6 is 11.3 Å². The summed E-state index contributed by atoms with van der Waals surface area (Å²) in [4.78, 5) is 27.0. The van der Waals surface area contributed by atoms with Gasteiger partial charge in [0.15, 0.2) is 5.78 Å². The Kier molecular flexibility index (Phi) is 5.03. The molecule has 0 radical (unpaired) electrons. The molecular weight excluding hydrogens is 382 g/mol. The van der Waals surface area contributed by atoms with Gasteiger partial charge in [-0.3, -0.25) is 9.59 Å². The summed E-state index contributed by atoms with van der Waals surface area (Å²) in [5, 5.41) is 7.91. The molecule has 0 amide bonds. The van der Waals surface area contributed by atoms with Crippen LogP contribution in [0, 0.1) is 13.8 Å². The third kappa shape index (κ3) is 3.36. The number of hydrogen-bond donors (Lipinski definition) is 0. The van der Waals surface area contributed by atoms with Crippen molar-refractivity contribution < 1.29 is 4.79 Å². The van der Waals surface area contributed by atoms with Gasteiger partial charge in [0.1, 0.15) is 12.2 Å². The SMILES string of the molecule is C=CCn1c(C)cc(C(=O)Cn2nc(-c3cccs3)c3ccccc3c2=O)c1C. The zero-order valence-electron chi connectivity index (χ0n) is 16.4. The van der Waals surface area contributed by atoms with E-state index in [1.54, 1.807) is 23.5 Å². The molecule has 3 heterocycles. The van der Waals surface area contributed by atoms with Gasteiger partial charge in [-0.1, -0.05) is 30.3 Å². The van der Waals surface area contributed by atoms with E-state index in [1.807, 2.05) is 60.2 Å². The van der Waals surface area contributed by atoms with Gasteiger partial charge < -0.3 is 4.57 Å². The number of thiophene rings is 1. The molecule has 0 saturated heterocycles. The molecule has 0 atom stereocenters. The average Bonchev–Trinajstić information content (AvgIpc) is 3.34. The Balaban J connectivity index is 1.80. The highest BCUT2D eigenvalue weighted by Gasteiger charge is 2.19. The van der Waals surface area contributed by atoms with Crippen molar-refractivity contribution in [2.75, 3.05) is 0 Å². The van der Waals surface area contributed by atoms with Gasteiger partial charge in [0, 0.05) is 28.9 Å². The average molecular weight is 404 g/mol. The maximum Gasteiger partial charge on any atom is 0.275 e. The van der Waals surface area contributed by atoms with Crippen LogP contribution in [0.15, 0.2) is 65.3 Å². The van der Waals surface area contributed by atoms with Crippen molar-refractivity contribution in [1.82, 2.24) is 14.3 Å². The highest BCUT2D eigenvalue weighted by Crippen LogP contribution is 2.28. The minimum Gasteiger partial charge on any atom is -0.345 e. The molecule has 29 heavy (non-hydrogen) atoms. The standard InChI is InChI=1S/C23H21N3O2S/c1-4-11-25-15(2)13-19(16(25)3)20(27)14-26-23(28)18-9-6-5-8-17(18)22(24-26)21-10-7-12-29-21/h4-10,12-13H,1,11,14H2,2-3H3. The second-order valence-electron chi connectivity index (χ2n) is 6.94. The summed E-state index contributed by atoms with van der Waals surface area (Å²) in [6, 6.07) is 13.2. The number of aryl methyl sites for hydroxylation is 1. The highest BCUT2D eigenvalue weighted by atomic mass is 32.1. The molecule has 0 spiro atoms. The number of nitrogens with zero attached hydrogens (tertiary/aromatic N) is 3. The van der Waals surface area contributed by atoms with Gasteiger partial charge in [-0.2, -0.15) is 5.10 Å². The van der Waals surface area contributed by atoms with Crippen LogP contribution in [-0.2, 0) is 13.1 Å². The monoisotopic (exact) mass is 403 g/mol. The first kappa shape index (κ1) is 19.1. The summed E-state index contributed by atoms with van der Waals surface area (Å²) in [6.45, 7) is 8.19. The van der Waals surface area contributed by atoms with Crippen LogP contribution in [-0.4, -0.2) is 20.1 Å². The summed E-state index contributed by atoms with van der Waals surface area (Å²) in [5.41, 5.74) is 2.95. The summed E-state index contributed by atoms with van der Waals surface area (Å²) in [6.07, 6.45) is 1.80. The molecule has 5 nitrogen and oxygen atoms in total. The number of hydrogen-bond acceptors (Lipinski definition) is 4. The van der Waals surface area contributed by atoms with Gasteiger partial charge in [0.25, 0.3) is 5.56 Å². The lowest BCUT2D eigenvalue weighted by Crippen LogP contribution is -2.27. The predicted octanol–water partition coefficient (Wildman–Crippen LogP) is 4.61. The van der Waals surface area contributed by atoms with Crippen LogP contribution in [0.5, 0.6) is 0 Å². The lowest BCUT2D eigenvalue weighted by molar-refractivity contribution is 0.0965. The Hall–Kier alpha value is -3.25. The fraction of sp³-hybridized carbons (Fsp3) is 0.174. The van der Waals surface area contributed by atoms with E-state index >= 15 is 0 Å². The van der Waals surface area contributed by atoms with Crippen LogP contribution in [0.4, 0.5) is 0 Å².